The molecule has 13 heavy (non-hydrogen) atoms. The van der Waals surface area contributed by atoms with Gasteiger partial charge in [0.05, 0.1) is 20.3 Å². The maximum Gasteiger partial charge on any atom is 0.331 e. The summed E-state index contributed by atoms with van der Waals surface area (Å²) in [6.07, 6.45) is -0.669. The van der Waals surface area contributed by atoms with E-state index in [4.69, 9.17) is 19.7 Å². The molecule has 0 aromatic carbocycles. The molecule has 0 aromatic heterocycles. The fourth-order valence-corrected chi connectivity index (χ4v) is 0.491. The molecule has 0 rings (SSSR count). The molecule has 0 unspecified atom stereocenters. The van der Waals surface area contributed by atoms with E-state index in [1.54, 1.807) is 0 Å². The van der Waals surface area contributed by atoms with Gasteiger partial charge in [0.25, 0.3) is 0 Å². The first kappa shape index (κ1) is 12.3. The van der Waals surface area contributed by atoms with E-state index in [0.29, 0.717) is 0 Å². The average Bonchev–Trinajstić information content (AvgIpc) is 2.18. The van der Waals surface area contributed by atoms with Crippen LogP contribution < -0.4 is 0 Å². The minimum Gasteiger partial charge on any atom is -0.467 e. The monoisotopic (exact) mass is 194 g/mol. The van der Waals surface area contributed by atoms with Gasteiger partial charge in [-0.25, -0.2) is 4.79 Å². The number of ether oxygens (including phenoxy) is 3. The van der Waals surface area contributed by atoms with Crippen molar-refractivity contribution in [2.45, 2.75) is 6.10 Å². The van der Waals surface area contributed by atoms with Crippen LogP contribution in [0.1, 0.15) is 0 Å². The number of carbonyl (C=O) groups is 1. The zero-order valence-electron chi connectivity index (χ0n) is 7.43. The van der Waals surface area contributed by atoms with Gasteiger partial charge in [-0.05, 0) is 0 Å². The second kappa shape index (κ2) is 7.93. The summed E-state index contributed by atoms with van der Waals surface area (Å²) in [5.74, 6) is -0.506. The van der Waals surface area contributed by atoms with E-state index in [9.17, 15) is 4.79 Å². The first-order valence-corrected chi connectivity index (χ1v) is 3.72. The van der Waals surface area contributed by atoms with Crippen LogP contribution in [0.25, 0.3) is 0 Å². The number of aliphatic hydroxyl groups is 2. The molecule has 0 spiro atoms. The Balaban J connectivity index is 3.28. The maximum atomic E-state index is 10.5. The van der Waals surface area contributed by atoms with Crippen molar-refractivity contribution >= 4 is 5.97 Å². The van der Waals surface area contributed by atoms with Crippen LogP contribution in [0, 0.1) is 0 Å². The molecule has 0 radical (unpaired) electrons. The summed E-state index contributed by atoms with van der Waals surface area (Å²) in [6, 6.07) is 0. The van der Waals surface area contributed by atoms with Gasteiger partial charge in [-0.1, -0.05) is 0 Å². The fraction of sp³-hybridized carbons (Fsp3) is 0.857. The number of esters is 1. The van der Waals surface area contributed by atoms with Crippen molar-refractivity contribution in [1.82, 2.24) is 0 Å². The van der Waals surface area contributed by atoms with Gasteiger partial charge in [0.2, 0.25) is 0 Å². The lowest BCUT2D eigenvalue weighted by Gasteiger charge is -2.11. The van der Waals surface area contributed by atoms with Crippen molar-refractivity contribution in [2.24, 2.45) is 0 Å². The van der Waals surface area contributed by atoms with Crippen molar-refractivity contribution in [3.8, 4) is 0 Å². The Hall–Kier alpha value is -0.690. The molecule has 0 bridgehead atoms. The molecule has 6 nitrogen and oxygen atoms in total. The highest BCUT2D eigenvalue weighted by molar-refractivity contribution is 5.70. The van der Waals surface area contributed by atoms with Gasteiger partial charge in [-0.3, -0.25) is 0 Å². The molecular formula is C7H14O6. The van der Waals surface area contributed by atoms with Crippen LogP contribution in [-0.2, 0) is 19.0 Å². The van der Waals surface area contributed by atoms with Gasteiger partial charge in [0, 0.05) is 0 Å². The Morgan fingerprint density at radius 1 is 1.38 bits per heavy atom. The Kier molecular flexibility index (Phi) is 7.51. The molecule has 6 heteroatoms. The third kappa shape index (κ3) is 6.47. The first-order chi connectivity index (χ1) is 6.24. The lowest BCUT2D eigenvalue weighted by molar-refractivity contribution is -0.157. The van der Waals surface area contributed by atoms with Crippen LogP contribution in [0.4, 0.5) is 0 Å². The van der Waals surface area contributed by atoms with E-state index < -0.39 is 12.1 Å². The van der Waals surface area contributed by atoms with Crippen molar-refractivity contribution in [2.75, 3.05) is 33.7 Å². The number of aliphatic hydroxyl groups excluding tert-OH is 2. The zero-order chi connectivity index (χ0) is 10.1. The Morgan fingerprint density at radius 3 is 2.46 bits per heavy atom. The van der Waals surface area contributed by atoms with Crippen molar-refractivity contribution in [3.05, 3.63) is 0 Å². The molecule has 78 valence electrons. The molecule has 0 saturated carbocycles. The Labute approximate surface area is 76.0 Å². The van der Waals surface area contributed by atoms with Crippen LogP contribution in [0.2, 0.25) is 0 Å². The molecule has 2 N–H and O–H groups in total. The van der Waals surface area contributed by atoms with Gasteiger partial charge in [0.1, 0.15) is 19.5 Å². The zero-order valence-corrected chi connectivity index (χ0v) is 7.43. The standard InChI is InChI=1S/C7H14O6/c1-11-7(10)4-12-5-13-6(2-8)3-9/h6,8-9H,2-5H2,1H3. The SMILES string of the molecule is COC(=O)COCOC(CO)CO. The minimum absolute atomic E-state index is 0.166. The maximum absolute atomic E-state index is 10.5. The molecule has 0 heterocycles. The normalized spacial score (nSPS) is 10.5. The van der Waals surface area contributed by atoms with E-state index >= 15 is 0 Å². The van der Waals surface area contributed by atoms with E-state index in [-0.39, 0.29) is 26.6 Å². The average molecular weight is 194 g/mol. The second-order valence-corrected chi connectivity index (χ2v) is 2.20. The molecule has 0 fully saturated rings. The van der Waals surface area contributed by atoms with Crippen LogP contribution in [0.5, 0.6) is 0 Å². The summed E-state index contributed by atoms with van der Waals surface area (Å²) < 4.78 is 13.8. The third-order valence-corrected chi connectivity index (χ3v) is 1.24. The van der Waals surface area contributed by atoms with Crippen molar-refractivity contribution in [3.63, 3.8) is 0 Å². The summed E-state index contributed by atoms with van der Waals surface area (Å²) in [7, 11) is 1.25. The number of hydrogen-bond donors (Lipinski definition) is 2. The summed E-state index contributed by atoms with van der Waals surface area (Å²) >= 11 is 0. The first-order valence-electron chi connectivity index (χ1n) is 3.72. The number of rotatable bonds is 7. The van der Waals surface area contributed by atoms with Gasteiger partial charge >= 0.3 is 5.97 Å². The van der Waals surface area contributed by atoms with E-state index in [0.717, 1.165) is 0 Å². The van der Waals surface area contributed by atoms with Crippen LogP contribution in [0.15, 0.2) is 0 Å². The largest absolute Gasteiger partial charge is 0.467 e. The quantitative estimate of drug-likeness (QED) is 0.291. The minimum atomic E-state index is -0.669. The van der Waals surface area contributed by atoms with Gasteiger partial charge in [-0.15, -0.1) is 0 Å². The van der Waals surface area contributed by atoms with Crippen LogP contribution in [-0.4, -0.2) is 56.0 Å². The Bertz CT molecular complexity index is 133. The lowest BCUT2D eigenvalue weighted by atomic mass is 10.4. The van der Waals surface area contributed by atoms with Gasteiger partial charge < -0.3 is 24.4 Å². The highest BCUT2D eigenvalue weighted by Gasteiger charge is 2.06. The van der Waals surface area contributed by atoms with Gasteiger partial charge in [0.15, 0.2) is 0 Å². The lowest BCUT2D eigenvalue weighted by Crippen LogP contribution is -2.24. The molecule has 0 aliphatic rings. The number of methoxy groups -OCH3 is 1. The number of carbonyl (C=O) groups excluding carboxylic acids is 1. The van der Waals surface area contributed by atoms with Crippen LogP contribution in [0.3, 0.4) is 0 Å². The smallest absolute Gasteiger partial charge is 0.331 e. The van der Waals surface area contributed by atoms with E-state index in [1.807, 2.05) is 0 Å². The number of hydrogen-bond acceptors (Lipinski definition) is 6. The summed E-state index contributed by atoms with van der Waals surface area (Å²) in [5, 5.41) is 17.1. The van der Waals surface area contributed by atoms with E-state index in [1.165, 1.54) is 7.11 Å². The second-order valence-electron chi connectivity index (χ2n) is 2.20. The fourth-order valence-electron chi connectivity index (χ4n) is 0.491. The van der Waals surface area contributed by atoms with Gasteiger partial charge in [-0.2, -0.15) is 0 Å². The molecule has 0 aliphatic heterocycles. The predicted molar refractivity (Wildman–Crippen MR) is 41.9 cm³/mol. The summed E-state index contributed by atoms with van der Waals surface area (Å²) in [4.78, 5) is 10.5. The summed E-state index contributed by atoms with van der Waals surface area (Å²) in [6.45, 7) is -0.961. The van der Waals surface area contributed by atoms with Crippen molar-refractivity contribution in [1.29, 1.82) is 0 Å². The molecule has 0 aromatic rings. The van der Waals surface area contributed by atoms with E-state index in [2.05, 4.69) is 4.74 Å². The predicted octanol–water partition coefficient (Wildman–Crippen LogP) is -1.50. The summed E-state index contributed by atoms with van der Waals surface area (Å²) in [5.41, 5.74) is 0. The molecule has 0 amide bonds. The third-order valence-electron chi connectivity index (χ3n) is 1.24. The Morgan fingerprint density at radius 2 is 2.00 bits per heavy atom. The highest BCUT2D eigenvalue weighted by atomic mass is 16.7. The highest BCUT2D eigenvalue weighted by Crippen LogP contribution is 1.89. The van der Waals surface area contributed by atoms with Crippen LogP contribution >= 0.6 is 0 Å². The van der Waals surface area contributed by atoms with Crippen molar-refractivity contribution < 1.29 is 29.2 Å². The molecule has 0 atom stereocenters. The topological polar surface area (TPSA) is 85.2 Å². The molecule has 0 aliphatic carbocycles. The molecule has 0 saturated heterocycles. The molecular weight excluding hydrogens is 180 g/mol.